The highest BCUT2D eigenvalue weighted by Gasteiger charge is 2.23. The van der Waals surface area contributed by atoms with E-state index < -0.39 is 0 Å². The Morgan fingerprint density at radius 2 is 1.81 bits per heavy atom. The van der Waals surface area contributed by atoms with Crippen molar-refractivity contribution in [2.75, 3.05) is 43.5 Å². The first-order valence-electron chi connectivity index (χ1n) is 9.16. The second-order valence-corrected chi connectivity index (χ2v) is 6.54. The van der Waals surface area contributed by atoms with Gasteiger partial charge >= 0.3 is 6.03 Å². The van der Waals surface area contributed by atoms with E-state index in [2.05, 4.69) is 29.3 Å². The van der Waals surface area contributed by atoms with E-state index >= 15 is 0 Å². The molecule has 3 rings (SSSR count). The van der Waals surface area contributed by atoms with Gasteiger partial charge in [-0.25, -0.2) is 4.79 Å². The zero-order valence-electron chi connectivity index (χ0n) is 15.8. The Bertz CT molecular complexity index is 768. The number of nitrogens with one attached hydrogen (secondary N) is 1. The lowest BCUT2D eigenvalue weighted by Gasteiger charge is -2.36. The van der Waals surface area contributed by atoms with Crippen LogP contribution in [0.15, 0.2) is 42.5 Å². The summed E-state index contributed by atoms with van der Waals surface area (Å²) in [4.78, 5) is 16.9. The number of carbonyl (C=O) groups is 1. The Labute approximate surface area is 155 Å². The number of methoxy groups -OCH3 is 1. The molecule has 0 atom stereocenters. The third kappa shape index (κ3) is 3.77. The van der Waals surface area contributed by atoms with E-state index in [1.54, 1.807) is 7.11 Å². The zero-order chi connectivity index (χ0) is 18.5. The number of piperazine rings is 1. The molecule has 0 bridgehead atoms. The number of ether oxygens (including phenoxy) is 1. The van der Waals surface area contributed by atoms with Gasteiger partial charge in [0.25, 0.3) is 0 Å². The number of urea groups is 1. The van der Waals surface area contributed by atoms with Gasteiger partial charge < -0.3 is 19.9 Å². The maximum absolute atomic E-state index is 12.7. The molecule has 1 N–H and O–H groups in total. The van der Waals surface area contributed by atoms with Crippen LogP contribution in [0.3, 0.4) is 0 Å². The molecule has 1 aliphatic heterocycles. The molecule has 0 spiro atoms. The lowest BCUT2D eigenvalue weighted by molar-refractivity contribution is 0.208. The van der Waals surface area contributed by atoms with Crippen LogP contribution in [0.4, 0.5) is 16.2 Å². The molecule has 0 aromatic heterocycles. The van der Waals surface area contributed by atoms with Gasteiger partial charge in [-0.1, -0.05) is 37.3 Å². The maximum atomic E-state index is 12.7. The monoisotopic (exact) mass is 353 g/mol. The van der Waals surface area contributed by atoms with Gasteiger partial charge in [-0.15, -0.1) is 0 Å². The number of anilines is 2. The minimum absolute atomic E-state index is 0.0197. The fourth-order valence-corrected chi connectivity index (χ4v) is 3.43. The van der Waals surface area contributed by atoms with Crippen molar-refractivity contribution in [2.45, 2.75) is 20.3 Å². The number of hydrogen-bond donors (Lipinski definition) is 1. The Morgan fingerprint density at radius 1 is 1.08 bits per heavy atom. The molecule has 1 fully saturated rings. The Morgan fingerprint density at radius 3 is 2.50 bits per heavy atom. The number of carbonyl (C=O) groups excluding carboxylic acids is 1. The fraction of sp³-hybridized carbons (Fsp3) is 0.381. The van der Waals surface area contributed by atoms with Crippen molar-refractivity contribution in [3.8, 4) is 5.75 Å². The maximum Gasteiger partial charge on any atom is 0.321 e. The van der Waals surface area contributed by atoms with Crippen molar-refractivity contribution in [1.82, 2.24) is 4.90 Å². The predicted molar refractivity (Wildman–Crippen MR) is 106 cm³/mol. The van der Waals surface area contributed by atoms with Crippen molar-refractivity contribution in [1.29, 1.82) is 0 Å². The summed E-state index contributed by atoms with van der Waals surface area (Å²) in [5.74, 6) is 0.873. The third-order valence-corrected chi connectivity index (χ3v) is 4.96. The normalized spacial score (nSPS) is 14.3. The van der Waals surface area contributed by atoms with Crippen LogP contribution in [0, 0.1) is 6.92 Å². The quantitative estimate of drug-likeness (QED) is 0.906. The summed E-state index contributed by atoms with van der Waals surface area (Å²) >= 11 is 0. The Kier molecular flexibility index (Phi) is 5.66. The van der Waals surface area contributed by atoms with Gasteiger partial charge in [0.15, 0.2) is 0 Å². The molecule has 1 aliphatic rings. The van der Waals surface area contributed by atoms with Crippen LogP contribution in [0.1, 0.15) is 18.1 Å². The second-order valence-electron chi connectivity index (χ2n) is 6.54. The summed E-state index contributed by atoms with van der Waals surface area (Å²) in [6.45, 7) is 7.11. The molecule has 1 saturated heterocycles. The first-order valence-corrected chi connectivity index (χ1v) is 9.16. The summed E-state index contributed by atoms with van der Waals surface area (Å²) in [7, 11) is 1.69. The van der Waals surface area contributed by atoms with Crippen LogP contribution in [0.2, 0.25) is 0 Å². The number of rotatable bonds is 4. The largest absolute Gasteiger partial charge is 0.495 e. The zero-order valence-corrected chi connectivity index (χ0v) is 15.8. The third-order valence-electron chi connectivity index (χ3n) is 4.96. The molecule has 2 aromatic carbocycles. The van der Waals surface area contributed by atoms with E-state index in [9.17, 15) is 4.79 Å². The van der Waals surface area contributed by atoms with E-state index in [1.165, 1.54) is 5.56 Å². The van der Waals surface area contributed by atoms with Crippen LogP contribution in [0.5, 0.6) is 5.75 Å². The number of benzene rings is 2. The van der Waals surface area contributed by atoms with Crippen LogP contribution in [0.25, 0.3) is 0 Å². The summed E-state index contributed by atoms with van der Waals surface area (Å²) in [5.41, 5.74) is 4.31. The van der Waals surface area contributed by atoms with E-state index in [4.69, 9.17) is 4.74 Å². The smallest absolute Gasteiger partial charge is 0.321 e. The molecule has 2 aromatic rings. The van der Waals surface area contributed by atoms with Crippen molar-refractivity contribution in [3.05, 3.63) is 53.6 Å². The highest BCUT2D eigenvalue weighted by Crippen LogP contribution is 2.28. The molecule has 0 radical (unpaired) electrons. The van der Waals surface area contributed by atoms with E-state index in [1.807, 2.05) is 42.2 Å². The van der Waals surface area contributed by atoms with Gasteiger partial charge in [0, 0.05) is 31.9 Å². The average molecular weight is 353 g/mol. The SMILES string of the molecule is CCc1cccc(C)c1NC(=O)N1CCN(c2ccccc2OC)CC1. The summed E-state index contributed by atoms with van der Waals surface area (Å²) < 4.78 is 5.46. The summed E-state index contributed by atoms with van der Waals surface area (Å²) in [6, 6.07) is 14.1. The van der Waals surface area contributed by atoms with E-state index in [0.29, 0.717) is 13.1 Å². The van der Waals surface area contributed by atoms with Crippen molar-refractivity contribution >= 4 is 17.4 Å². The number of aryl methyl sites for hydroxylation is 2. The predicted octanol–water partition coefficient (Wildman–Crippen LogP) is 3.92. The average Bonchev–Trinajstić information content (AvgIpc) is 2.69. The molecule has 5 nitrogen and oxygen atoms in total. The molecule has 0 aliphatic carbocycles. The standard InChI is InChI=1S/C21H27N3O2/c1-4-17-9-7-8-16(2)20(17)22-21(25)24-14-12-23(13-15-24)18-10-5-6-11-19(18)26-3/h5-11H,4,12-15H2,1-3H3,(H,22,25). The Hall–Kier alpha value is -2.69. The Balaban J connectivity index is 1.64. The van der Waals surface area contributed by atoms with Crippen LogP contribution >= 0.6 is 0 Å². The van der Waals surface area contributed by atoms with Crippen LogP contribution in [-0.2, 0) is 6.42 Å². The highest BCUT2D eigenvalue weighted by molar-refractivity contribution is 5.91. The first-order chi connectivity index (χ1) is 12.6. The van der Waals surface area contributed by atoms with Gasteiger partial charge in [0.05, 0.1) is 12.8 Å². The minimum atomic E-state index is -0.0197. The number of nitrogens with zero attached hydrogens (tertiary/aromatic N) is 2. The van der Waals surface area contributed by atoms with Gasteiger partial charge in [0.1, 0.15) is 5.75 Å². The molecule has 138 valence electrons. The summed E-state index contributed by atoms with van der Waals surface area (Å²) in [6.07, 6.45) is 0.902. The lowest BCUT2D eigenvalue weighted by Crippen LogP contribution is -2.50. The molecule has 1 heterocycles. The molecule has 0 unspecified atom stereocenters. The molecule has 0 saturated carbocycles. The molecule has 26 heavy (non-hydrogen) atoms. The number of amides is 2. The minimum Gasteiger partial charge on any atom is -0.495 e. The fourth-order valence-electron chi connectivity index (χ4n) is 3.43. The van der Waals surface area contributed by atoms with Crippen LogP contribution in [-0.4, -0.2) is 44.2 Å². The van der Waals surface area contributed by atoms with E-state index in [0.717, 1.165) is 42.2 Å². The van der Waals surface area contributed by atoms with Crippen molar-refractivity contribution in [2.24, 2.45) is 0 Å². The van der Waals surface area contributed by atoms with Crippen LogP contribution < -0.4 is 15.0 Å². The molecular weight excluding hydrogens is 326 g/mol. The van der Waals surface area contributed by atoms with Crippen molar-refractivity contribution < 1.29 is 9.53 Å². The number of hydrogen-bond acceptors (Lipinski definition) is 3. The van der Waals surface area contributed by atoms with E-state index in [-0.39, 0.29) is 6.03 Å². The highest BCUT2D eigenvalue weighted by atomic mass is 16.5. The lowest BCUT2D eigenvalue weighted by atomic mass is 10.1. The van der Waals surface area contributed by atoms with Gasteiger partial charge in [0.2, 0.25) is 0 Å². The second kappa shape index (κ2) is 8.13. The number of para-hydroxylation sites is 3. The van der Waals surface area contributed by atoms with Crippen molar-refractivity contribution in [3.63, 3.8) is 0 Å². The first kappa shape index (κ1) is 18.1. The van der Waals surface area contributed by atoms with Gasteiger partial charge in [-0.3, -0.25) is 0 Å². The molecule has 5 heteroatoms. The topological polar surface area (TPSA) is 44.8 Å². The summed E-state index contributed by atoms with van der Waals surface area (Å²) in [5, 5.41) is 3.12. The van der Waals surface area contributed by atoms with Gasteiger partial charge in [-0.05, 0) is 36.6 Å². The van der Waals surface area contributed by atoms with Gasteiger partial charge in [-0.2, -0.15) is 0 Å². The molecule has 2 amide bonds. The molecular formula is C21H27N3O2.